The number of rotatable bonds is 3. The molecule has 1 aromatic rings. The van der Waals surface area contributed by atoms with Gasteiger partial charge in [0.25, 0.3) is 0 Å². The molecule has 2 fully saturated rings. The number of hydrogen-bond acceptors (Lipinski definition) is 8. The number of aliphatic imine (C=N–C) groups is 2. The lowest BCUT2D eigenvalue weighted by molar-refractivity contribution is 0.00781. The molecule has 2 heterocycles. The summed E-state index contributed by atoms with van der Waals surface area (Å²) in [5.74, 6) is 1.26. The summed E-state index contributed by atoms with van der Waals surface area (Å²) in [7, 11) is 0. The number of hydrogen-bond donors (Lipinski definition) is 2. The molecule has 9 nitrogen and oxygen atoms in total. The quantitative estimate of drug-likeness (QED) is 0.718. The molecule has 4 rings (SSSR count). The molecule has 1 aliphatic carbocycles. The summed E-state index contributed by atoms with van der Waals surface area (Å²) in [6.45, 7) is 6.77. The Hall–Kier alpha value is -2.97. The van der Waals surface area contributed by atoms with Gasteiger partial charge in [0.15, 0.2) is 0 Å². The van der Waals surface area contributed by atoms with Crippen molar-refractivity contribution in [2.75, 3.05) is 18.0 Å². The number of likely N-dealkylation sites (tertiary alicyclic amines) is 1. The van der Waals surface area contributed by atoms with Crippen molar-refractivity contribution in [3.63, 3.8) is 0 Å². The normalized spacial score (nSPS) is 23.1. The fourth-order valence-electron chi connectivity index (χ4n) is 4.92. The molecule has 1 atom stereocenters. The highest BCUT2D eigenvalue weighted by molar-refractivity contribution is 6.06. The second-order valence-electron chi connectivity index (χ2n) is 10.1. The summed E-state index contributed by atoms with van der Waals surface area (Å²) in [5, 5.41) is 0. The van der Waals surface area contributed by atoms with E-state index in [0.29, 0.717) is 24.8 Å². The molecule has 180 valence electrons. The van der Waals surface area contributed by atoms with Crippen molar-refractivity contribution in [3.8, 4) is 5.75 Å². The van der Waals surface area contributed by atoms with E-state index in [2.05, 4.69) is 4.99 Å². The van der Waals surface area contributed by atoms with Crippen LogP contribution in [0.4, 0.5) is 10.5 Å². The van der Waals surface area contributed by atoms with E-state index in [9.17, 15) is 4.79 Å². The van der Waals surface area contributed by atoms with Gasteiger partial charge >= 0.3 is 6.09 Å². The van der Waals surface area contributed by atoms with Gasteiger partial charge < -0.3 is 25.8 Å². The van der Waals surface area contributed by atoms with Crippen molar-refractivity contribution in [2.45, 2.75) is 83.1 Å². The molecule has 2 aliphatic heterocycles. The third kappa shape index (κ3) is 5.17. The molecule has 0 radical (unpaired) electrons. The lowest BCUT2D eigenvalue weighted by Gasteiger charge is -2.46. The van der Waals surface area contributed by atoms with Crippen LogP contribution in [0.5, 0.6) is 5.75 Å². The number of amides is 1. The molecule has 1 aromatic carbocycles. The number of anilines is 1. The van der Waals surface area contributed by atoms with Crippen LogP contribution in [-0.4, -0.2) is 53.4 Å². The van der Waals surface area contributed by atoms with E-state index in [-0.39, 0.29) is 18.2 Å². The Morgan fingerprint density at radius 1 is 1.12 bits per heavy atom. The second-order valence-corrected chi connectivity index (χ2v) is 10.1. The number of benzene rings is 1. The molecule has 1 amide bonds. The van der Waals surface area contributed by atoms with Crippen molar-refractivity contribution in [3.05, 3.63) is 24.3 Å². The molecule has 3 aliphatic rings. The molecule has 9 heteroatoms. The first-order valence-corrected chi connectivity index (χ1v) is 11.9. The Labute approximate surface area is 195 Å². The van der Waals surface area contributed by atoms with Gasteiger partial charge in [0.2, 0.25) is 11.9 Å². The van der Waals surface area contributed by atoms with Crippen LogP contribution in [0.3, 0.4) is 0 Å². The zero-order valence-electron chi connectivity index (χ0n) is 19.9. The Morgan fingerprint density at radius 2 is 1.85 bits per heavy atom. The van der Waals surface area contributed by atoms with Crippen LogP contribution in [0.2, 0.25) is 0 Å². The van der Waals surface area contributed by atoms with Gasteiger partial charge in [0, 0.05) is 6.54 Å². The van der Waals surface area contributed by atoms with Crippen molar-refractivity contribution in [1.82, 2.24) is 4.90 Å². The van der Waals surface area contributed by atoms with Crippen LogP contribution >= 0.6 is 0 Å². The van der Waals surface area contributed by atoms with E-state index in [1.807, 2.05) is 49.9 Å². The van der Waals surface area contributed by atoms with Gasteiger partial charge in [0.05, 0.1) is 12.2 Å². The molecule has 1 spiro atoms. The van der Waals surface area contributed by atoms with Crippen LogP contribution < -0.4 is 21.1 Å². The molecule has 1 saturated carbocycles. The van der Waals surface area contributed by atoms with Crippen LogP contribution in [0.15, 0.2) is 34.3 Å². The first-order chi connectivity index (χ1) is 15.7. The maximum Gasteiger partial charge on any atom is 0.410 e. The van der Waals surface area contributed by atoms with Crippen molar-refractivity contribution in [1.29, 1.82) is 0 Å². The topological polar surface area (TPSA) is 119 Å². The number of para-hydroxylation sites is 2. The Bertz CT molecular complexity index is 932. The van der Waals surface area contributed by atoms with E-state index in [4.69, 9.17) is 25.9 Å². The first kappa shape index (κ1) is 23.2. The largest absolute Gasteiger partial charge is 0.486 e. The maximum absolute atomic E-state index is 12.6. The molecule has 1 unspecified atom stereocenters. The summed E-state index contributed by atoms with van der Waals surface area (Å²) in [5.41, 5.74) is 12.2. The Balaban J connectivity index is 1.57. The maximum atomic E-state index is 12.6. The summed E-state index contributed by atoms with van der Waals surface area (Å²) < 4.78 is 12.0. The molecule has 0 aromatic heterocycles. The predicted molar refractivity (Wildman–Crippen MR) is 129 cm³/mol. The smallest absolute Gasteiger partial charge is 0.410 e. The summed E-state index contributed by atoms with van der Waals surface area (Å²) >= 11 is 0. The van der Waals surface area contributed by atoms with Gasteiger partial charge in [-0.25, -0.2) is 9.79 Å². The zero-order valence-corrected chi connectivity index (χ0v) is 19.9. The lowest BCUT2D eigenvalue weighted by Crippen LogP contribution is -2.58. The molecule has 33 heavy (non-hydrogen) atoms. The fourth-order valence-corrected chi connectivity index (χ4v) is 4.92. The monoisotopic (exact) mass is 456 g/mol. The second kappa shape index (κ2) is 9.11. The molecule has 1 saturated heterocycles. The molecule has 0 bridgehead atoms. The van der Waals surface area contributed by atoms with Crippen LogP contribution in [0, 0.1) is 0 Å². The van der Waals surface area contributed by atoms with E-state index in [1.165, 1.54) is 6.42 Å². The Morgan fingerprint density at radius 3 is 2.58 bits per heavy atom. The first-order valence-electron chi connectivity index (χ1n) is 11.9. The summed E-state index contributed by atoms with van der Waals surface area (Å²) in [6, 6.07) is 7.82. The minimum absolute atomic E-state index is 0.147. The number of nitrogens with zero attached hydrogens (tertiary/aromatic N) is 4. The van der Waals surface area contributed by atoms with Crippen molar-refractivity contribution < 1.29 is 14.3 Å². The zero-order chi connectivity index (χ0) is 23.6. The number of carbonyl (C=O) groups excluding carboxylic acids is 1. The van der Waals surface area contributed by atoms with E-state index >= 15 is 0 Å². The van der Waals surface area contributed by atoms with Gasteiger partial charge in [0.1, 0.15) is 23.1 Å². The van der Waals surface area contributed by atoms with E-state index in [0.717, 1.165) is 44.2 Å². The highest BCUT2D eigenvalue weighted by atomic mass is 16.6. The number of piperidine rings is 1. The van der Waals surface area contributed by atoms with Crippen molar-refractivity contribution in [2.24, 2.45) is 21.5 Å². The third-order valence-corrected chi connectivity index (χ3v) is 6.28. The number of guanidine groups is 2. The number of carbonyl (C=O) groups is 1. The average molecular weight is 457 g/mol. The SMILES string of the molecule is CC(C)(C)OC(=O)N1CCCC(Oc2ccccc2N2C(N)=NC(N)=NC23CCCCC3)C1. The van der Waals surface area contributed by atoms with Crippen molar-refractivity contribution >= 4 is 23.7 Å². The Kier molecular flexibility index (Phi) is 6.41. The number of nitrogens with two attached hydrogens (primary N) is 2. The molecular formula is C24H36N6O3. The standard InChI is InChI=1S/C24H36N6O3/c1-23(2,3)33-22(31)29-15-9-10-17(16-29)32-19-12-6-5-11-18(19)30-21(26)27-20(25)28-24(30)13-7-4-8-14-24/h5-6,11-12,17H,4,7-10,13-16H2,1-3H3,(H4,25,26,27,28). The summed E-state index contributed by atoms with van der Waals surface area (Å²) in [4.78, 5) is 25.3. The van der Waals surface area contributed by atoms with E-state index in [1.54, 1.807) is 4.90 Å². The molecule has 4 N–H and O–H groups in total. The van der Waals surface area contributed by atoms with E-state index < -0.39 is 11.3 Å². The van der Waals surface area contributed by atoms with Crippen LogP contribution in [0.25, 0.3) is 0 Å². The molecular weight excluding hydrogens is 420 g/mol. The van der Waals surface area contributed by atoms with Gasteiger partial charge in [-0.15, -0.1) is 0 Å². The van der Waals surface area contributed by atoms with Gasteiger partial charge in [-0.05, 0) is 71.4 Å². The van der Waals surface area contributed by atoms with Crippen LogP contribution in [0.1, 0.15) is 65.7 Å². The summed E-state index contributed by atoms with van der Waals surface area (Å²) in [6.07, 6.45) is 6.24. The van der Waals surface area contributed by atoms with Gasteiger partial charge in [-0.1, -0.05) is 18.6 Å². The lowest BCUT2D eigenvalue weighted by atomic mass is 9.87. The average Bonchev–Trinajstić information content (AvgIpc) is 2.74. The third-order valence-electron chi connectivity index (χ3n) is 6.28. The van der Waals surface area contributed by atoms with Gasteiger partial charge in [-0.2, -0.15) is 4.99 Å². The fraction of sp³-hybridized carbons (Fsp3) is 0.625. The number of ether oxygens (including phenoxy) is 2. The minimum atomic E-state index is -0.539. The van der Waals surface area contributed by atoms with Gasteiger partial charge in [-0.3, -0.25) is 4.90 Å². The highest BCUT2D eigenvalue weighted by Crippen LogP contribution is 2.43. The highest BCUT2D eigenvalue weighted by Gasteiger charge is 2.43. The van der Waals surface area contributed by atoms with Crippen LogP contribution in [-0.2, 0) is 4.74 Å². The minimum Gasteiger partial charge on any atom is -0.486 e. The predicted octanol–water partition coefficient (Wildman–Crippen LogP) is 3.57.